The number of nitrogens with one attached hydrogen (secondary N) is 1. The van der Waals surface area contributed by atoms with E-state index in [2.05, 4.69) is 33.5 Å². The van der Waals surface area contributed by atoms with Gasteiger partial charge < -0.3 is 15.0 Å². The van der Waals surface area contributed by atoms with Crippen LogP contribution < -0.4 is 5.32 Å². The molecule has 3 rings (SSSR count). The number of rotatable bonds is 7. The maximum absolute atomic E-state index is 12.2. The van der Waals surface area contributed by atoms with E-state index in [4.69, 9.17) is 4.74 Å². The van der Waals surface area contributed by atoms with Gasteiger partial charge in [-0.25, -0.2) is 4.98 Å². The summed E-state index contributed by atoms with van der Waals surface area (Å²) in [4.78, 5) is 22.4. The van der Waals surface area contributed by atoms with Gasteiger partial charge in [-0.1, -0.05) is 18.2 Å². The molecule has 31 heavy (non-hydrogen) atoms. The molecule has 6 heteroatoms. The van der Waals surface area contributed by atoms with E-state index in [-0.39, 0.29) is 5.91 Å². The summed E-state index contributed by atoms with van der Waals surface area (Å²) in [6.45, 7) is 4.66. The average molecular weight is 417 g/mol. The first-order chi connectivity index (χ1) is 15.0. The summed E-state index contributed by atoms with van der Waals surface area (Å²) < 4.78 is 5.79. The number of carbonyl (C=O) groups excluding carboxylic acids is 1. The van der Waals surface area contributed by atoms with Crippen molar-refractivity contribution >= 4 is 11.7 Å². The van der Waals surface area contributed by atoms with Crippen LogP contribution in [-0.2, 0) is 4.74 Å². The predicted molar refractivity (Wildman–Crippen MR) is 124 cm³/mol. The lowest BCUT2D eigenvalue weighted by atomic mass is 10.1. The van der Waals surface area contributed by atoms with Crippen molar-refractivity contribution in [3.05, 3.63) is 89.8 Å². The summed E-state index contributed by atoms with van der Waals surface area (Å²) in [5.41, 5.74) is 4.39. The predicted octanol–water partition coefficient (Wildman–Crippen LogP) is 4.97. The minimum Gasteiger partial charge on any atom is -0.494 e. The Hall–Kier alpha value is -3.67. The third-order valence-electron chi connectivity index (χ3n) is 4.75. The second-order valence-electron chi connectivity index (χ2n) is 7.31. The number of hydrogen-bond donors (Lipinski definition) is 1. The Labute approximate surface area is 183 Å². The molecule has 6 nitrogen and oxygen atoms in total. The van der Waals surface area contributed by atoms with E-state index in [1.54, 1.807) is 32.7 Å². The molecule has 0 radical (unpaired) electrons. The smallest absolute Gasteiger partial charge is 0.254 e. The van der Waals surface area contributed by atoms with Gasteiger partial charge in [0.05, 0.1) is 12.2 Å². The van der Waals surface area contributed by atoms with Gasteiger partial charge >= 0.3 is 0 Å². The van der Waals surface area contributed by atoms with Gasteiger partial charge in [0.15, 0.2) is 0 Å². The molecule has 0 unspecified atom stereocenters. The molecule has 2 aromatic heterocycles. The lowest BCUT2D eigenvalue weighted by Gasteiger charge is -2.13. The van der Waals surface area contributed by atoms with Gasteiger partial charge in [0.2, 0.25) is 0 Å². The molecule has 0 bridgehead atoms. The van der Waals surface area contributed by atoms with Crippen molar-refractivity contribution in [3.63, 3.8) is 0 Å². The maximum Gasteiger partial charge on any atom is 0.254 e. The van der Waals surface area contributed by atoms with E-state index in [1.165, 1.54) is 4.90 Å². The van der Waals surface area contributed by atoms with E-state index < -0.39 is 0 Å². The minimum absolute atomic E-state index is 0.0793. The second kappa shape index (κ2) is 10.4. The highest BCUT2D eigenvalue weighted by Crippen LogP contribution is 2.24. The molecule has 160 valence electrons. The van der Waals surface area contributed by atoms with Crippen molar-refractivity contribution in [3.8, 4) is 11.1 Å². The van der Waals surface area contributed by atoms with Gasteiger partial charge in [0, 0.05) is 55.6 Å². The summed E-state index contributed by atoms with van der Waals surface area (Å²) in [5.74, 6) is 1.54. The van der Waals surface area contributed by atoms with E-state index >= 15 is 0 Å². The monoisotopic (exact) mass is 416 g/mol. The van der Waals surface area contributed by atoms with Crippen molar-refractivity contribution in [2.75, 3.05) is 26.0 Å². The molecule has 2 aromatic rings. The van der Waals surface area contributed by atoms with Gasteiger partial charge in [-0.3, -0.25) is 9.78 Å². The summed E-state index contributed by atoms with van der Waals surface area (Å²) in [6.07, 6.45) is 16.2. The number of amides is 1. The van der Waals surface area contributed by atoms with Crippen LogP contribution >= 0.6 is 0 Å². The highest BCUT2D eigenvalue weighted by atomic mass is 16.5. The summed E-state index contributed by atoms with van der Waals surface area (Å²) in [5, 5.41) is 3.25. The number of ether oxygens (including phenoxy) is 1. The van der Waals surface area contributed by atoms with E-state index in [1.807, 2.05) is 44.3 Å². The van der Waals surface area contributed by atoms with Crippen LogP contribution in [0.2, 0.25) is 0 Å². The SMILES string of the molecule is CCOC1=CCC=CC=C1/C(C)=C/Nc1ccc(-c2cncc(C(=O)N(C)C)c2)cn1. The van der Waals surface area contributed by atoms with E-state index in [0.29, 0.717) is 12.2 Å². The van der Waals surface area contributed by atoms with Gasteiger partial charge in [-0.2, -0.15) is 0 Å². The molecule has 0 aliphatic heterocycles. The van der Waals surface area contributed by atoms with Crippen molar-refractivity contribution in [1.29, 1.82) is 0 Å². The number of allylic oxidation sites excluding steroid dienone is 5. The number of carbonyl (C=O) groups is 1. The van der Waals surface area contributed by atoms with Crippen LogP contribution in [-0.4, -0.2) is 41.5 Å². The Morgan fingerprint density at radius 1 is 1.23 bits per heavy atom. The molecule has 0 saturated carbocycles. The number of pyridine rings is 2. The standard InChI is InChI=1S/C25H28N4O2/c1-5-31-23-10-8-6-7-9-22(23)18(2)14-27-24-12-11-19(17-28-24)20-13-21(16-26-15-20)25(30)29(3)4/h6-7,9-17H,5,8H2,1-4H3,(H,27,28)/b18-14+. The Morgan fingerprint density at radius 3 is 2.77 bits per heavy atom. The lowest BCUT2D eigenvalue weighted by molar-refractivity contribution is 0.0827. The van der Waals surface area contributed by atoms with Gasteiger partial charge in [0.1, 0.15) is 11.6 Å². The fourth-order valence-corrected chi connectivity index (χ4v) is 3.11. The zero-order valence-electron chi connectivity index (χ0n) is 18.4. The average Bonchev–Trinajstić information content (AvgIpc) is 3.03. The molecule has 0 atom stereocenters. The topological polar surface area (TPSA) is 67.3 Å². The third-order valence-corrected chi connectivity index (χ3v) is 4.75. The number of anilines is 1. The first-order valence-electron chi connectivity index (χ1n) is 10.3. The Balaban J connectivity index is 1.74. The number of nitrogens with zero attached hydrogens (tertiary/aromatic N) is 3. The van der Waals surface area contributed by atoms with Crippen molar-refractivity contribution in [2.24, 2.45) is 0 Å². The Kier molecular flexibility index (Phi) is 7.38. The van der Waals surface area contributed by atoms with Gasteiger partial charge in [-0.15, -0.1) is 0 Å². The molecule has 0 saturated heterocycles. The van der Waals surface area contributed by atoms with Crippen LogP contribution in [0.3, 0.4) is 0 Å². The first kappa shape index (κ1) is 22.0. The quantitative estimate of drug-likeness (QED) is 0.690. The molecular weight excluding hydrogens is 388 g/mol. The summed E-state index contributed by atoms with van der Waals surface area (Å²) >= 11 is 0. The highest BCUT2D eigenvalue weighted by molar-refractivity contribution is 5.94. The molecule has 0 fully saturated rings. The molecular formula is C25H28N4O2. The third kappa shape index (κ3) is 5.69. The normalized spacial score (nSPS) is 13.7. The molecule has 1 amide bonds. The van der Waals surface area contributed by atoms with Crippen LogP contribution in [0.15, 0.2) is 84.2 Å². The summed E-state index contributed by atoms with van der Waals surface area (Å²) in [7, 11) is 3.45. The van der Waals surface area contributed by atoms with Gasteiger partial charge in [0.25, 0.3) is 5.91 Å². The van der Waals surface area contributed by atoms with E-state index in [0.717, 1.165) is 40.3 Å². The maximum atomic E-state index is 12.2. The molecule has 1 aliphatic carbocycles. The fraction of sp³-hybridized carbons (Fsp3) is 0.240. The molecule has 0 aromatic carbocycles. The van der Waals surface area contributed by atoms with Crippen LogP contribution in [0.5, 0.6) is 0 Å². The van der Waals surface area contributed by atoms with Crippen LogP contribution in [0.1, 0.15) is 30.6 Å². The molecule has 2 heterocycles. The van der Waals surface area contributed by atoms with E-state index in [9.17, 15) is 4.79 Å². The second-order valence-corrected chi connectivity index (χ2v) is 7.31. The highest BCUT2D eigenvalue weighted by Gasteiger charge is 2.11. The van der Waals surface area contributed by atoms with Crippen molar-refractivity contribution in [2.45, 2.75) is 20.3 Å². The fourth-order valence-electron chi connectivity index (χ4n) is 3.11. The lowest BCUT2D eigenvalue weighted by Crippen LogP contribution is -2.21. The van der Waals surface area contributed by atoms with Crippen LogP contribution in [0.25, 0.3) is 11.1 Å². The first-order valence-corrected chi connectivity index (χ1v) is 10.3. The van der Waals surface area contributed by atoms with Crippen LogP contribution in [0.4, 0.5) is 5.82 Å². The Morgan fingerprint density at radius 2 is 2.06 bits per heavy atom. The molecule has 1 N–H and O–H groups in total. The zero-order chi connectivity index (χ0) is 22.2. The molecule has 0 spiro atoms. The van der Waals surface area contributed by atoms with Crippen molar-refractivity contribution in [1.82, 2.24) is 14.9 Å². The van der Waals surface area contributed by atoms with Gasteiger partial charge in [-0.05, 0) is 50.1 Å². The van der Waals surface area contributed by atoms with Crippen molar-refractivity contribution < 1.29 is 9.53 Å². The number of hydrogen-bond acceptors (Lipinski definition) is 5. The number of aromatic nitrogens is 2. The largest absolute Gasteiger partial charge is 0.494 e. The summed E-state index contributed by atoms with van der Waals surface area (Å²) in [6, 6.07) is 5.69. The zero-order valence-corrected chi connectivity index (χ0v) is 18.4. The minimum atomic E-state index is -0.0793. The Bertz CT molecular complexity index is 1050. The van der Waals surface area contributed by atoms with Crippen LogP contribution in [0, 0.1) is 0 Å². The molecule has 1 aliphatic rings.